The molecule has 1 aliphatic rings. The Balaban J connectivity index is 1.60. The van der Waals surface area contributed by atoms with Crippen molar-refractivity contribution in [1.29, 1.82) is 0 Å². The van der Waals surface area contributed by atoms with E-state index < -0.39 is 5.82 Å². The van der Waals surface area contributed by atoms with E-state index in [2.05, 4.69) is 10.1 Å². The maximum atomic E-state index is 14.1. The first-order valence-corrected chi connectivity index (χ1v) is 8.62. The quantitative estimate of drug-likeness (QED) is 0.648. The average Bonchev–Trinajstić information content (AvgIpc) is 3.24. The molecule has 1 atom stereocenters. The molecule has 1 amide bonds. The molecule has 2 aromatic carbocycles. The highest BCUT2D eigenvalue weighted by Crippen LogP contribution is 2.34. The summed E-state index contributed by atoms with van der Waals surface area (Å²) in [5.41, 5.74) is 0.794. The predicted molar refractivity (Wildman–Crippen MR) is 95.9 cm³/mol. The first kappa shape index (κ1) is 17.0. The molecule has 26 heavy (non-hydrogen) atoms. The van der Waals surface area contributed by atoms with Crippen molar-refractivity contribution >= 4 is 34.8 Å². The third kappa shape index (κ3) is 3.06. The Morgan fingerprint density at radius 3 is 2.81 bits per heavy atom. The second-order valence-corrected chi connectivity index (χ2v) is 6.78. The van der Waals surface area contributed by atoms with Gasteiger partial charge in [-0.05, 0) is 30.3 Å². The van der Waals surface area contributed by atoms with Gasteiger partial charge in [-0.25, -0.2) is 4.39 Å². The van der Waals surface area contributed by atoms with Crippen molar-refractivity contribution < 1.29 is 13.7 Å². The lowest BCUT2D eigenvalue weighted by atomic mass is 10.1. The number of benzene rings is 2. The van der Waals surface area contributed by atoms with E-state index in [1.165, 1.54) is 23.1 Å². The van der Waals surface area contributed by atoms with Crippen LogP contribution in [0.1, 0.15) is 18.2 Å². The molecule has 1 aromatic heterocycles. The van der Waals surface area contributed by atoms with Crippen LogP contribution in [0, 0.1) is 5.82 Å². The second-order valence-electron chi connectivity index (χ2n) is 5.94. The van der Waals surface area contributed by atoms with Crippen molar-refractivity contribution in [2.24, 2.45) is 0 Å². The number of aromatic nitrogens is 2. The summed E-state index contributed by atoms with van der Waals surface area (Å²) in [4.78, 5) is 18.1. The minimum atomic E-state index is -0.509. The second kappa shape index (κ2) is 6.70. The Morgan fingerprint density at radius 2 is 2.00 bits per heavy atom. The van der Waals surface area contributed by atoms with E-state index in [0.717, 1.165) is 0 Å². The number of carbonyl (C=O) groups is 1. The van der Waals surface area contributed by atoms with E-state index in [9.17, 15) is 9.18 Å². The zero-order chi connectivity index (χ0) is 18.3. The van der Waals surface area contributed by atoms with Gasteiger partial charge in [-0.1, -0.05) is 40.5 Å². The summed E-state index contributed by atoms with van der Waals surface area (Å²) in [5, 5.41) is 4.81. The predicted octanol–water partition coefficient (Wildman–Crippen LogP) is 4.70. The van der Waals surface area contributed by atoms with Gasteiger partial charge in [0.2, 0.25) is 17.6 Å². The largest absolute Gasteiger partial charge is 0.339 e. The van der Waals surface area contributed by atoms with Gasteiger partial charge in [-0.15, -0.1) is 0 Å². The van der Waals surface area contributed by atoms with E-state index >= 15 is 0 Å². The lowest BCUT2D eigenvalue weighted by Gasteiger charge is -2.17. The monoisotopic (exact) mass is 391 g/mol. The Labute approximate surface area is 158 Å². The number of anilines is 1. The minimum Gasteiger partial charge on any atom is -0.339 e. The molecule has 8 heteroatoms. The van der Waals surface area contributed by atoms with E-state index in [-0.39, 0.29) is 30.5 Å². The molecule has 4 rings (SSSR count). The summed E-state index contributed by atoms with van der Waals surface area (Å²) in [6, 6.07) is 11.2. The van der Waals surface area contributed by atoms with Gasteiger partial charge in [0.05, 0.1) is 16.6 Å². The van der Waals surface area contributed by atoms with E-state index in [1.807, 2.05) is 6.07 Å². The molecule has 1 unspecified atom stereocenters. The molecule has 2 heterocycles. The molecule has 0 radical (unpaired) electrons. The molecule has 0 bridgehead atoms. The number of hydrogen-bond donors (Lipinski definition) is 0. The van der Waals surface area contributed by atoms with Crippen molar-refractivity contribution in [2.45, 2.75) is 12.3 Å². The molecule has 0 aliphatic carbocycles. The SMILES string of the molecule is O=C1CC(c2nc(-c3ccccc3Cl)no2)CN1c1cc(Cl)ccc1F. The van der Waals surface area contributed by atoms with Crippen molar-refractivity contribution in [3.8, 4) is 11.4 Å². The standard InChI is InChI=1S/C18H12Cl2FN3O2/c19-11-5-6-14(21)15(8-11)24-9-10(7-16(24)25)18-22-17(23-26-18)12-3-1-2-4-13(12)20/h1-6,8,10H,7,9H2. The molecule has 1 fully saturated rings. The van der Waals surface area contributed by atoms with Crippen LogP contribution in [0.3, 0.4) is 0 Å². The number of nitrogens with zero attached hydrogens (tertiary/aromatic N) is 3. The number of halogens is 3. The third-order valence-corrected chi connectivity index (χ3v) is 4.79. The Hall–Kier alpha value is -2.44. The van der Waals surface area contributed by atoms with Gasteiger partial charge in [0.15, 0.2) is 0 Å². The molecule has 1 aliphatic heterocycles. The Bertz CT molecular complexity index is 992. The molecular formula is C18H12Cl2FN3O2. The number of rotatable bonds is 3. The van der Waals surface area contributed by atoms with E-state index in [0.29, 0.717) is 27.3 Å². The Morgan fingerprint density at radius 1 is 1.19 bits per heavy atom. The third-order valence-electron chi connectivity index (χ3n) is 4.23. The van der Waals surface area contributed by atoms with Crippen LogP contribution in [-0.2, 0) is 4.79 Å². The zero-order valence-electron chi connectivity index (χ0n) is 13.3. The fourth-order valence-corrected chi connectivity index (χ4v) is 3.34. The average molecular weight is 392 g/mol. The highest BCUT2D eigenvalue weighted by atomic mass is 35.5. The fraction of sp³-hybridized carbons (Fsp3) is 0.167. The van der Waals surface area contributed by atoms with Gasteiger partial charge < -0.3 is 9.42 Å². The zero-order valence-corrected chi connectivity index (χ0v) is 14.8. The van der Waals surface area contributed by atoms with Gasteiger partial charge in [-0.2, -0.15) is 4.98 Å². The highest BCUT2D eigenvalue weighted by Gasteiger charge is 2.36. The summed E-state index contributed by atoms with van der Waals surface area (Å²) in [5.74, 6) is -0.396. The van der Waals surface area contributed by atoms with Crippen LogP contribution in [0.4, 0.5) is 10.1 Å². The summed E-state index contributed by atoms with van der Waals surface area (Å²) in [7, 11) is 0. The van der Waals surface area contributed by atoms with Crippen molar-refractivity contribution in [1.82, 2.24) is 10.1 Å². The topological polar surface area (TPSA) is 59.2 Å². The smallest absolute Gasteiger partial charge is 0.232 e. The number of amides is 1. The number of hydrogen-bond acceptors (Lipinski definition) is 4. The van der Waals surface area contributed by atoms with Crippen LogP contribution in [0.5, 0.6) is 0 Å². The van der Waals surface area contributed by atoms with Gasteiger partial charge in [0, 0.05) is 23.6 Å². The summed E-state index contributed by atoms with van der Waals surface area (Å²) in [6.45, 7) is 0.236. The van der Waals surface area contributed by atoms with Crippen LogP contribution in [0.15, 0.2) is 47.0 Å². The Kier molecular flexibility index (Phi) is 4.38. The van der Waals surface area contributed by atoms with E-state index in [1.54, 1.807) is 18.2 Å². The molecule has 3 aromatic rings. The van der Waals surface area contributed by atoms with Gasteiger partial charge in [0.25, 0.3) is 0 Å². The van der Waals surface area contributed by atoms with Gasteiger partial charge in [-0.3, -0.25) is 4.79 Å². The summed E-state index contributed by atoms with van der Waals surface area (Å²) < 4.78 is 19.4. The van der Waals surface area contributed by atoms with Crippen LogP contribution in [0.2, 0.25) is 10.0 Å². The summed E-state index contributed by atoms with van der Waals surface area (Å²) >= 11 is 12.1. The van der Waals surface area contributed by atoms with Crippen LogP contribution in [0.25, 0.3) is 11.4 Å². The lowest BCUT2D eigenvalue weighted by molar-refractivity contribution is -0.117. The van der Waals surface area contributed by atoms with Gasteiger partial charge >= 0.3 is 0 Å². The normalized spacial score (nSPS) is 17.1. The minimum absolute atomic E-state index is 0.149. The fourth-order valence-electron chi connectivity index (χ4n) is 2.95. The molecule has 132 valence electrons. The van der Waals surface area contributed by atoms with Crippen LogP contribution < -0.4 is 4.90 Å². The van der Waals surface area contributed by atoms with E-state index in [4.69, 9.17) is 27.7 Å². The first-order valence-electron chi connectivity index (χ1n) is 7.87. The lowest BCUT2D eigenvalue weighted by Crippen LogP contribution is -2.25. The molecule has 5 nitrogen and oxygen atoms in total. The molecular weight excluding hydrogens is 380 g/mol. The maximum Gasteiger partial charge on any atom is 0.232 e. The molecule has 1 saturated heterocycles. The maximum absolute atomic E-state index is 14.1. The first-order chi connectivity index (χ1) is 12.5. The molecule has 0 spiro atoms. The van der Waals surface area contributed by atoms with Crippen LogP contribution in [-0.4, -0.2) is 22.6 Å². The highest BCUT2D eigenvalue weighted by molar-refractivity contribution is 6.33. The van der Waals surface area contributed by atoms with Crippen molar-refractivity contribution in [2.75, 3.05) is 11.4 Å². The molecule has 0 N–H and O–H groups in total. The van der Waals surface area contributed by atoms with Crippen LogP contribution >= 0.6 is 23.2 Å². The van der Waals surface area contributed by atoms with Gasteiger partial charge in [0.1, 0.15) is 5.82 Å². The number of carbonyl (C=O) groups excluding carboxylic acids is 1. The molecule has 0 saturated carbocycles. The summed E-state index contributed by atoms with van der Waals surface area (Å²) in [6.07, 6.45) is 0.149. The van der Waals surface area contributed by atoms with Crippen molar-refractivity contribution in [3.63, 3.8) is 0 Å². The van der Waals surface area contributed by atoms with Crippen molar-refractivity contribution in [3.05, 3.63) is 64.2 Å².